The largest absolute Gasteiger partial charge is 0.497 e. The number of benzene rings is 1. The molecule has 3 rings (SSSR count). The van der Waals surface area contributed by atoms with Gasteiger partial charge in [0.05, 0.1) is 13.2 Å². The number of hydrogen-bond donors (Lipinski definition) is 1. The fourth-order valence-electron chi connectivity index (χ4n) is 3.31. The molecule has 1 aromatic carbocycles. The first-order valence-electron chi connectivity index (χ1n) is 10.0. The summed E-state index contributed by atoms with van der Waals surface area (Å²) >= 11 is 0. The maximum absolute atomic E-state index is 5.60. The van der Waals surface area contributed by atoms with E-state index in [0.29, 0.717) is 12.4 Å². The average molecular weight is 525 g/mol. The van der Waals surface area contributed by atoms with E-state index in [-0.39, 0.29) is 30.1 Å². The van der Waals surface area contributed by atoms with Crippen LogP contribution in [0.1, 0.15) is 19.4 Å². The molecule has 0 bridgehead atoms. The second-order valence-electron chi connectivity index (χ2n) is 7.24. The molecule has 2 heterocycles. The molecule has 7 nitrogen and oxygen atoms in total. The highest BCUT2D eigenvalue weighted by Crippen LogP contribution is 2.20. The number of halogens is 1. The van der Waals surface area contributed by atoms with Crippen LogP contribution in [0, 0.1) is 0 Å². The Morgan fingerprint density at radius 1 is 1.10 bits per heavy atom. The minimum absolute atomic E-state index is 0. The summed E-state index contributed by atoms with van der Waals surface area (Å²) in [6.45, 7) is 8.42. The van der Waals surface area contributed by atoms with Crippen LogP contribution in [0.3, 0.4) is 0 Å². The number of anilines is 1. The molecule has 164 valence electrons. The predicted octanol–water partition coefficient (Wildman–Crippen LogP) is 3.39. The summed E-state index contributed by atoms with van der Waals surface area (Å²) in [5.74, 6) is 2.46. The van der Waals surface area contributed by atoms with Crippen LogP contribution in [0.25, 0.3) is 0 Å². The molecule has 0 aliphatic carbocycles. The van der Waals surface area contributed by atoms with Crippen LogP contribution >= 0.6 is 24.0 Å². The summed E-state index contributed by atoms with van der Waals surface area (Å²) in [5, 5.41) is 3.45. The Kier molecular flexibility index (Phi) is 9.48. The summed E-state index contributed by atoms with van der Waals surface area (Å²) in [6.07, 6.45) is 1.97. The highest BCUT2D eigenvalue weighted by atomic mass is 127. The number of ether oxygens (including phenoxy) is 2. The monoisotopic (exact) mass is 525 g/mol. The summed E-state index contributed by atoms with van der Waals surface area (Å²) in [7, 11) is 3.52. The van der Waals surface area contributed by atoms with E-state index in [2.05, 4.69) is 37.2 Å². The van der Waals surface area contributed by atoms with Crippen LogP contribution < -0.4 is 19.7 Å². The fourth-order valence-corrected chi connectivity index (χ4v) is 3.31. The molecule has 2 aromatic rings. The molecular weight excluding hydrogens is 493 g/mol. The maximum atomic E-state index is 5.60. The van der Waals surface area contributed by atoms with Gasteiger partial charge >= 0.3 is 0 Å². The Morgan fingerprint density at radius 2 is 1.80 bits per heavy atom. The van der Waals surface area contributed by atoms with E-state index < -0.39 is 0 Å². The third kappa shape index (κ3) is 6.65. The van der Waals surface area contributed by atoms with Crippen LogP contribution in [0.4, 0.5) is 5.69 Å². The van der Waals surface area contributed by atoms with Crippen molar-refractivity contribution in [2.24, 2.45) is 4.99 Å². The zero-order valence-corrected chi connectivity index (χ0v) is 20.5. The topological polar surface area (TPSA) is 62.2 Å². The number of nitrogens with one attached hydrogen (secondary N) is 1. The van der Waals surface area contributed by atoms with Crippen molar-refractivity contribution in [1.82, 2.24) is 15.2 Å². The highest BCUT2D eigenvalue weighted by Gasteiger charge is 2.19. The van der Waals surface area contributed by atoms with Crippen LogP contribution in [-0.4, -0.2) is 62.3 Å². The van der Waals surface area contributed by atoms with E-state index in [4.69, 9.17) is 9.47 Å². The molecule has 0 saturated carbocycles. The van der Waals surface area contributed by atoms with Crippen molar-refractivity contribution in [2.75, 3.05) is 45.2 Å². The Labute approximate surface area is 196 Å². The lowest BCUT2D eigenvalue weighted by molar-refractivity contribution is 0.232. The first-order chi connectivity index (χ1) is 14.1. The van der Waals surface area contributed by atoms with Crippen molar-refractivity contribution < 1.29 is 9.47 Å². The quantitative estimate of drug-likeness (QED) is 0.355. The van der Waals surface area contributed by atoms with Crippen LogP contribution in [0.15, 0.2) is 47.6 Å². The van der Waals surface area contributed by atoms with Gasteiger partial charge in [-0.2, -0.15) is 0 Å². The van der Waals surface area contributed by atoms with E-state index >= 15 is 0 Å². The lowest BCUT2D eigenvalue weighted by Gasteiger charge is -2.37. The molecule has 0 amide bonds. The number of methoxy groups -OCH3 is 1. The number of hydrogen-bond acceptors (Lipinski definition) is 5. The first kappa shape index (κ1) is 24.0. The van der Waals surface area contributed by atoms with Crippen molar-refractivity contribution in [2.45, 2.75) is 26.5 Å². The van der Waals surface area contributed by atoms with Crippen molar-refractivity contribution in [3.8, 4) is 11.6 Å². The van der Waals surface area contributed by atoms with Gasteiger partial charge in [0, 0.05) is 57.7 Å². The van der Waals surface area contributed by atoms with E-state index in [9.17, 15) is 0 Å². The van der Waals surface area contributed by atoms with Gasteiger partial charge in [0.15, 0.2) is 5.96 Å². The average Bonchev–Trinajstić information content (AvgIpc) is 2.75. The second-order valence-corrected chi connectivity index (χ2v) is 7.24. The van der Waals surface area contributed by atoms with Crippen molar-refractivity contribution in [3.63, 3.8) is 0 Å². The van der Waals surface area contributed by atoms with E-state index in [1.54, 1.807) is 7.11 Å². The second kappa shape index (κ2) is 11.8. The van der Waals surface area contributed by atoms with Gasteiger partial charge in [-0.05, 0) is 43.7 Å². The van der Waals surface area contributed by atoms with Gasteiger partial charge in [0.1, 0.15) is 5.75 Å². The number of aromatic nitrogens is 1. The molecule has 1 aromatic heterocycles. The number of pyridine rings is 1. The number of piperazine rings is 1. The molecule has 30 heavy (non-hydrogen) atoms. The fraction of sp³-hybridized carbons (Fsp3) is 0.455. The molecule has 0 atom stereocenters. The molecule has 1 N–H and O–H groups in total. The third-order valence-corrected chi connectivity index (χ3v) is 4.83. The molecule has 0 radical (unpaired) electrons. The highest BCUT2D eigenvalue weighted by molar-refractivity contribution is 14.0. The number of nitrogens with zero attached hydrogens (tertiary/aromatic N) is 4. The van der Waals surface area contributed by atoms with Gasteiger partial charge < -0.3 is 24.6 Å². The molecule has 0 unspecified atom stereocenters. The standard InChI is InChI=1S/C22H31N5O2.HI/c1-17(2)29-21-10-5-18(15-24-21)16-25-22(23-3)27-13-11-26(12-14-27)19-6-8-20(28-4)9-7-19;/h5-10,15,17H,11-14,16H2,1-4H3,(H,23,25);1H. The van der Waals surface area contributed by atoms with Gasteiger partial charge in [-0.1, -0.05) is 6.07 Å². The Bertz CT molecular complexity index is 788. The molecule has 1 aliphatic rings. The van der Waals surface area contributed by atoms with Gasteiger partial charge in [-0.25, -0.2) is 4.98 Å². The number of aliphatic imine (C=N–C) groups is 1. The van der Waals surface area contributed by atoms with E-state index in [1.165, 1.54) is 5.69 Å². The number of guanidine groups is 1. The summed E-state index contributed by atoms with van der Waals surface area (Å²) in [4.78, 5) is 13.5. The Balaban J connectivity index is 0.00000320. The molecule has 0 spiro atoms. The van der Waals surface area contributed by atoms with Gasteiger partial charge in [-0.3, -0.25) is 4.99 Å². The SMILES string of the molecule is CN=C(NCc1ccc(OC(C)C)nc1)N1CCN(c2ccc(OC)cc2)CC1.I. The van der Waals surface area contributed by atoms with Crippen molar-refractivity contribution >= 4 is 35.6 Å². The Morgan fingerprint density at radius 3 is 2.33 bits per heavy atom. The first-order valence-corrected chi connectivity index (χ1v) is 10.0. The van der Waals surface area contributed by atoms with Crippen LogP contribution in [-0.2, 0) is 6.54 Å². The minimum atomic E-state index is 0. The number of rotatable bonds is 6. The van der Waals surface area contributed by atoms with Gasteiger partial charge in [-0.15, -0.1) is 24.0 Å². The van der Waals surface area contributed by atoms with E-state index in [1.807, 2.05) is 51.4 Å². The zero-order valence-electron chi connectivity index (χ0n) is 18.2. The van der Waals surface area contributed by atoms with Gasteiger partial charge in [0.25, 0.3) is 0 Å². The summed E-state index contributed by atoms with van der Waals surface area (Å²) in [6, 6.07) is 12.2. The molecule has 1 saturated heterocycles. The summed E-state index contributed by atoms with van der Waals surface area (Å²) < 4.78 is 10.8. The summed E-state index contributed by atoms with van der Waals surface area (Å²) in [5.41, 5.74) is 2.32. The molecule has 1 aliphatic heterocycles. The van der Waals surface area contributed by atoms with Crippen LogP contribution in [0.2, 0.25) is 0 Å². The lowest BCUT2D eigenvalue weighted by Crippen LogP contribution is -2.52. The minimum Gasteiger partial charge on any atom is -0.497 e. The smallest absolute Gasteiger partial charge is 0.213 e. The van der Waals surface area contributed by atoms with Gasteiger partial charge in [0.2, 0.25) is 5.88 Å². The van der Waals surface area contributed by atoms with Crippen molar-refractivity contribution in [1.29, 1.82) is 0 Å². The Hall–Kier alpha value is -2.23. The maximum Gasteiger partial charge on any atom is 0.213 e. The predicted molar refractivity (Wildman–Crippen MR) is 132 cm³/mol. The molecule has 1 fully saturated rings. The molecular formula is C22H32IN5O2. The van der Waals surface area contributed by atoms with E-state index in [0.717, 1.165) is 43.5 Å². The third-order valence-electron chi connectivity index (χ3n) is 4.83. The zero-order chi connectivity index (χ0) is 20.6. The lowest BCUT2D eigenvalue weighted by atomic mass is 10.2. The normalized spacial score (nSPS) is 14.4. The van der Waals surface area contributed by atoms with Crippen LogP contribution in [0.5, 0.6) is 11.6 Å². The van der Waals surface area contributed by atoms with Crippen molar-refractivity contribution in [3.05, 3.63) is 48.2 Å². The molecule has 8 heteroatoms.